The van der Waals surface area contributed by atoms with Crippen LogP contribution in [-0.2, 0) is 11.0 Å². The van der Waals surface area contributed by atoms with E-state index in [-0.39, 0.29) is 29.7 Å². The maximum absolute atomic E-state index is 13.1. The lowest BCUT2D eigenvalue weighted by molar-refractivity contribution is -0.141. The fourth-order valence-corrected chi connectivity index (χ4v) is 2.95. The molecule has 1 N–H and O–H groups in total. The summed E-state index contributed by atoms with van der Waals surface area (Å²) >= 11 is 0. The zero-order valence-corrected chi connectivity index (χ0v) is 16.2. The minimum absolute atomic E-state index is 0.000342. The van der Waals surface area contributed by atoms with Gasteiger partial charge in [0.1, 0.15) is 6.04 Å². The standard InChI is InChI=1S/C19H20F5N3O3/c1-3-29-15-8-12(6-7-14(15)30-18(20)21)25-17(28)10(2)27-13(11-4-5-11)9-16(26-27)19(22,23)24/h6-11,18H,3-5H2,1-2H3,(H,25,28). The van der Waals surface area contributed by atoms with Gasteiger partial charge in [0.15, 0.2) is 17.2 Å². The van der Waals surface area contributed by atoms with Crippen LogP contribution in [0.4, 0.5) is 27.6 Å². The number of aromatic nitrogens is 2. The molecule has 1 fully saturated rings. The second-order valence-corrected chi connectivity index (χ2v) is 6.81. The molecule has 0 bridgehead atoms. The fourth-order valence-electron chi connectivity index (χ4n) is 2.95. The first-order valence-corrected chi connectivity index (χ1v) is 9.29. The van der Waals surface area contributed by atoms with Crippen molar-refractivity contribution in [1.29, 1.82) is 0 Å². The molecule has 30 heavy (non-hydrogen) atoms. The Morgan fingerprint density at radius 3 is 2.53 bits per heavy atom. The highest BCUT2D eigenvalue weighted by Crippen LogP contribution is 2.43. The third-order valence-electron chi connectivity index (χ3n) is 4.52. The fraction of sp³-hybridized carbons (Fsp3) is 0.474. The van der Waals surface area contributed by atoms with Crippen molar-refractivity contribution in [3.8, 4) is 11.5 Å². The molecule has 0 saturated heterocycles. The predicted molar refractivity (Wildman–Crippen MR) is 96.8 cm³/mol. The van der Waals surface area contributed by atoms with Crippen LogP contribution in [0.5, 0.6) is 11.5 Å². The van der Waals surface area contributed by atoms with Gasteiger partial charge in [-0.25, -0.2) is 0 Å². The summed E-state index contributed by atoms with van der Waals surface area (Å²) < 4.78 is 74.9. The van der Waals surface area contributed by atoms with Gasteiger partial charge in [0.25, 0.3) is 0 Å². The van der Waals surface area contributed by atoms with Crippen LogP contribution >= 0.6 is 0 Å². The van der Waals surface area contributed by atoms with Crippen LogP contribution in [0.1, 0.15) is 50.0 Å². The number of ether oxygens (including phenoxy) is 2. The third kappa shape index (κ3) is 5.00. The first-order valence-electron chi connectivity index (χ1n) is 9.29. The van der Waals surface area contributed by atoms with Crippen molar-refractivity contribution in [3.05, 3.63) is 35.7 Å². The van der Waals surface area contributed by atoms with Crippen molar-refractivity contribution in [2.75, 3.05) is 11.9 Å². The van der Waals surface area contributed by atoms with E-state index >= 15 is 0 Å². The Bertz CT molecular complexity index is 909. The Kier molecular flexibility index (Phi) is 6.18. The van der Waals surface area contributed by atoms with E-state index < -0.39 is 30.4 Å². The zero-order valence-electron chi connectivity index (χ0n) is 16.2. The number of alkyl halides is 5. The van der Waals surface area contributed by atoms with Crippen molar-refractivity contribution in [1.82, 2.24) is 9.78 Å². The number of halogens is 5. The van der Waals surface area contributed by atoms with E-state index in [9.17, 15) is 26.7 Å². The van der Waals surface area contributed by atoms with Crippen LogP contribution in [-0.4, -0.2) is 28.9 Å². The van der Waals surface area contributed by atoms with Crippen molar-refractivity contribution in [3.63, 3.8) is 0 Å². The van der Waals surface area contributed by atoms with E-state index in [4.69, 9.17) is 4.74 Å². The van der Waals surface area contributed by atoms with E-state index in [1.807, 2.05) is 0 Å². The number of anilines is 1. The molecule has 0 spiro atoms. The number of hydrogen-bond donors (Lipinski definition) is 1. The monoisotopic (exact) mass is 433 g/mol. The molecule has 1 heterocycles. The SMILES string of the molecule is CCOc1cc(NC(=O)C(C)n2nc(C(F)(F)F)cc2C2CC2)ccc1OC(F)F. The van der Waals surface area contributed by atoms with Crippen molar-refractivity contribution in [2.24, 2.45) is 0 Å². The Morgan fingerprint density at radius 2 is 1.97 bits per heavy atom. The summed E-state index contributed by atoms with van der Waals surface area (Å²) in [6, 6.07) is 3.80. The first kappa shape index (κ1) is 21.8. The number of amides is 1. The average molecular weight is 433 g/mol. The summed E-state index contributed by atoms with van der Waals surface area (Å²) in [5.41, 5.74) is -0.468. The van der Waals surface area contributed by atoms with Gasteiger partial charge >= 0.3 is 12.8 Å². The predicted octanol–water partition coefficient (Wildman–Crippen LogP) is 4.98. The van der Waals surface area contributed by atoms with Gasteiger partial charge in [0, 0.05) is 23.4 Å². The number of rotatable bonds is 8. The Morgan fingerprint density at radius 1 is 1.27 bits per heavy atom. The van der Waals surface area contributed by atoms with E-state index in [1.165, 1.54) is 25.1 Å². The molecule has 1 amide bonds. The van der Waals surface area contributed by atoms with Crippen LogP contribution in [0.25, 0.3) is 0 Å². The lowest BCUT2D eigenvalue weighted by Gasteiger charge is -2.17. The highest BCUT2D eigenvalue weighted by Gasteiger charge is 2.39. The third-order valence-corrected chi connectivity index (χ3v) is 4.52. The molecule has 164 valence electrons. The van der Waals surface area contributed by atoms with Gasteiger partial charge in [-0.1, -0.05) is 0 Å². The van der Waals surface area contributed by atoms with Crippen molar-refractivity contribution >= 4 is 11.6 Å². The molecule has 1 atom stereocenters. The molecule has 0 radical (unpaired) electrons. The highest BCUT2D eigenvalue weighted by atomic mass is 19.4. The molecular weight excluding hydrogens is 413 g/mol. The van der Waals surface area contributed by atoms with E-state index in [0.717, 1.165) is 23.6 Å². The molecule has 1 unspecified atom stereocenters. The Labute approximate surface area is 169 Å². The van der Waals surface area contributed by atoms with Gasteiger partial charge in [0.05, 0.1) is 6.61 Å². The molecule has 1 aliphatic carbocycles. The van der Waals surface area contributed by atoms with Gasteiger partial charge in [-0.3, -0.25) is 9.48 Å². The topological polar surface area (TPSA) is 65.4 Å². The second-order valence-electron chi connectivity index (χ2n) is 6.81. The molecule has 1 aliphatic rings. The smallest absolute Gasteiger partial charge is 0.435 e. The second kappa shape index (κ2) is 8.49. The highest BCUT2D eigenvalue weighted by molar-refractivity contribution is 5.93. The first-order chi connectivity index (χ1) is 14.1. The number of carbonyl (C=O) groups is 1. The normalized spacial score (nSPS) is 15.2. The van der Waals surface area contributed by atoms with Crippen molar-refractivity contribution < 1.29 is 36.2 Å². The Balaban J connectivity index is 1.80. The quantitative estimate of drug-likeness (QED) is 0.597. The average Bonchev–Trinajstić information content (AvgIpc) is 3.40. The van der Waals surface area contributed by atoms with Crippen LogP contribution in [0.2, 0.25) is 0 Å². The molecule has 6 nitrogen and oxygen atoms in total. The number of carbonyl (C=O) groups excluding carboxylic acids is 1. The minimum Gasteiger partial charge on any atom is -0.490 e. The minimum atomic E-state index is -4.61. The molecule has 2 aromatic rings. The lowest BCUT2D eigenvalue weighted by atomic mass is 10.2. The van der Waals surface area contributed by atoms with Gasteiger partial charge in [-0.05, 0) is 44.9 Å². The lowest BCUT2D eigenvalue weighted by Crippen LogP contribution is -2.26. The number of hydrogen-bond acceptors (Lipinski definition) is 4. The summed E-state index contributed by atoms with van der Waals surface area (Å²) in [6.45, 7) is 0.209. The molecule has 1 aromatic carbocycles. The molecule has 3 rings (SSSR count). The number of nitrogens with one attached hydrogen (secondary N) is 1. The number of nitrogens with zero attached hydrogens (tertiary/aromatic N) is 2. The van der Waals surface area contributed by atoms with Crippen LogP contribution in [0.15, 0.2) is 24.3 Å². The van der Waals surface area contributed by atoms with Gasteiger partial charge in [-0.15, -0.1) is 0 Å². The summed E-state index contributed by atoms with van der Waals surface area (Å²) in [5, 5.41) is 6.15. The van der Waals surface area contributed by atoms with Gasteiger partial charge in [0.2, 0.25) is 5.91 Å². The van der Waals surface area contributed by atoms with Gasteiger partial charge < -0.3 is 14.8 Å². The van der Waals surface area contributed by atoms with E-state index in [2.05, 4.69) is 15.2 Å². The maximum atomic E-state index is 13.1. The summed E-state index contributed by atoms with van der Waals surface area (Å²) in [5.74, 6) is -0.867. The molecule has 1 aromatic heterocycles. The molecule has 11 heteroatoms. The van der Waals surface area contributed by atoms with Crippen LogP contribution in [0.3, 0.4) is 0 Å². The van der Waals surface area contributed by atoms with Gasteiger partial charge in [-0.2, -0.15) is 27.1 Å². The maximum Gasteiger partial charge on any atom is 0.435 e. The Hall–Kier alpha value is -2.85. The number of benzene rings is 1. The largest absolute Gasteiger partial charge is 0.490 e. The summed E-state index contributed by atoms with van der Waals surface area (Å²) in [7, 11) is 0. The van der Waals surface area contributed by atoms with Crippen molar-refractivity contribution in [2.45, 2.75) is 51.4 Å². The summed E-state index contributed by atoms with van der Waals surface area (Å²) in [6.07, 6.45) is -3.14. The van der Waals surface area contributed by atoms with Crippen LogP contribution in [0, 0.1) is 0 Å². The molecule has 0 aliphatic heterocycles. The summed E-state index contributed by atoms with van der Waals surface area (Å²) in [4.78, 5) is 12.7. The molecule has 1 saturated carbocycles. The molecular formula is C19H20F5N3O3. The zero-order chi connectivity index (χ0) is 22.1. The van der Waals surface area contributed by atoms with E-state index in [1.54, 1.807) is 6.92 Å². The van der Waals surface area contributed by atoms with Crippen LogP contribution < -0.4 is 14.8 Å². The van der Waals surface area contributed by atoms with E-state index in [0.29, 0.717) is 5.69 Å².